The summed E-state index contributed by atoms with van der Waals surface area (Å²) in [5.41, 5.74) is 8.37. The van der Waals surface area contributed by atoms with Gasteiger partial charge in [-0.15, -0.1) is 0 Å². The highest BCUT2D eigenvalue weighted by molar-refractivity contribution is 9.10. The van der Waals surface area contributed by atoms with E-state index in [-0.39, 0.29) is 12.6 Å². The highest BCUT2D eigenvalue weighted by atomic mass is 79.9. The molecule has 0 aliphatic carbocycles. The maximum atomic E-state index is 9.07. The molecule has 2 heterocycles. The van der Waals surface area contributed by atoms with E-state index in [0.717, 1.165) is 21.5 Å². The first-order chi connectivity index (χ1) is 7.13. The van der Waals surface area contributed by atoms with Crippen LogP contribution in [0.2, 0.25) is 0 Å². The Balaban J connectivity index is 2.68. The first-order valence-electron chi connectivity index (χ1n) is 4.64. The van der Waals surface area contributed by atoms with E-state index < -0.39 is 0 Å². The number of nitrogens with two attached hydrogens (primary N) is 1. The molecule has 0 bridgehead atoms. The molecule has 0 fully saturated rings. The average Bonchev–Trinajstić information content (AvgIpc) is 2.52. The number of aliphatic hydroxyl groups is 1. The molecule has 5 heteroatoms. The summed E-state index contributed by atoms with van der Waals surface area (Å²) in [5, 5.41) is 9.07. The van der Waals surface area contributed by atoms with Gasteiger partial charge in [-0.25, -0.2) is 4.98 Å². The van der Waals surface area contributed by atoms with Gasteiger partial charge in [-0.05, 0) is 19.1 Å². The maximum Gasteiger partial charge on any atom is 0.138 e. The lowest BCUT2D eigenvalue weighted by Crippen LogP contribution is -2.17. The molecule has 1 atom stereocenters. The Bertz CT molecular complexity index is 495. The summed E-state index contributed by atoms with van der Waals surface area (Å²) >= 11 is 3.39. The van der Waals surface area contributed by atoms with E-state index in [9.17, 15) is 0 Å². The zero-order valence-electron chi connectivity index (χ0n) is 8.31. The Morgan fingerprint density at radius 2 is 2.40 bits per heavy atom. The van der Waals surface area contributed by atoms with E-state index in [2.05, 4.69) is 20.9 Å². The van der Waals surface area contributed by atoms with Crippen molar-refractivity contribution in [2.45, 2.75) is 13.0 Å². The Hall–Kier alpha value is -0.910. The van der Waals surface area contributed by atoms with Crippen LogP contribution in [0.15, 0.2) is 22.8 Å². The van der Waals surface area contributed by atoms with E-state index in [1.54, 1.807) is 0 Å². The van der Waals surface area contributed by atoms with Crippen molar-refractivity contribution in [2.75, 3.05) is 6.61 Å². The van der Waals surface area contributed by atoms with Crippen molar-refractivity contribution in [3.8, 4) is 0 Å². The fraction of sp³-hybridized carbons (Fsp3) is 0.300. The van der Waals surface area contributed by atoms with Gasteiger partial charge in [0.15, 0.2) is 0 Å². The maximum absolute atomic E-state index is 9.07. The van der Waals surface area contributed by atoms with Crippen molar-refractivity contribution in [3.63, 3.8) is 0 Å². The molecule has 0 saturated heterocycles. The third-order valence-electron chi connectivity index (χ3n) is 2.36. The van der Waals surface area contributed by atoms with E-state index >= 15 is 0 Å². The lowest BCUT2D eigenvalue weighted by Gasteiger charge is -2.09. The van der Waals surface area contributed by atoms with Gasteiger partial charge in [0, 0.05) is 10.7 Å². The molecule has 4 nitrogen and oxygen atoms in total. The van der Waals surface area contributed by atoms with E-state index in [1.165, 1.54) is 0 Å². The topological polar surface area (TPSA) is 63.5 Å². The number of halogens is 1. The van der Waals surface area contributed by atoms with Crippen molar-refractivity contribution in [2.24, 2.45) is 5.73 Å². The third-order valence-corrected chi connectivity index (χ3v) is 2.85. The van der Waals surface area contributed by atoms with Crippen LogP contribution in [0.25, 0.3) is 5.65 Å². The van der Waals surface area contributed by atoms with Crippen molar-refractivity contribution in [3.05, 3.63) is 34.2 Å². The summed E-state index contributed by atoms with van der Waals surface area (Å²) in [6.07, 6.45) is 1.89. The van der Waals surface area contributed by atoms with Gasteiger partial charge in [-0.1, -0.05) is 15.9 Å². The summed E-state index contributed by atoms with van der Waals surface area (Å²) in [6.45, 7) is 1.82. The quantitative estimate of drug-likeness (QED) is 0.867. The number of fused-ring (bicyclic) bond motifs is 1. The number of aliphatic hydroxyl groups excluding tert-OH is 1. The van der Waals surface area contributed by atoms with Gasteiger partial charge in [-0.2, -0.15) is 0 Å². The summed E-state index contributed by atoms with van der Waals surface area (Å²) in [5.74, 6) is 0. The van der Waals surface area contributed by atoms with Gasteiger partial charge in [0.2, 0.25) is 0 Å². The Kier molecular flexibility index (Phi) is 2.77. The average molecular weight is 270 g/mol. The zero-order chi connectivity index (χ0) is 11.0. The molecule has 0 aliphatic heterocycles. The van der Waals surface area contributed by atoms with E-state index in [0.29, 0.717) is 0 Å². The number of hydrogen-bond donors (Lipinski definition) is 2. The van der Waals surface area contributed by atoms with Crippen LogP contribution in [0.3, 0.4) is 0 Å². The predicted molar refractivity (Wildman–Crippen MR) is 61.6 cm³/mol. The lowest BCUT2D eigenvalue weighted by atomic mass is 10.2. The Morgan fingerprint density at radius 3 is 3.07 bits per heavy atom. The minimum Gasteiger partial charge on any atom is -0.394 e. The van der Waals surface area contributed by atoms with Crippen LogP contribution < -0.4 is 5.73 Å². The summed E-state index contributed by atoms with van der Waals surface area (Å²) in [7, 11) is 0. The second-order valence-electron chi connectivity index (χ2n) is 3.44. The van der Waals surface area contributed by atoms with Crippen LogP contribution in [-0.4, -0.2) is 21.1 Å². The van der Waals surface area contributed by atoms with Crippen LogP contribution in [0.4, 0.5) is 0 Å². The molecule has 0 spiro atoms. The van der Waals surface area contributed by atoms with Gasteiger partial charge < -0.3 is 15.2 Å². The molecule has 1 unspecified atom stereocenters. The van der Waals surface area contributed by atoms with Crippen molar-refractivity contribution < 1.29 is 5.11 Å². The minimum atomic E-state index is -0.388. The number of nitrogens with zero attached hydrogens (tertiary/aromatic N) is 2. The van der Waals surface area contributed by atoms with E-state index in [4.69, 9.17) is 10.8 Å². The first kappa shape index (κ1) is 10.6. The second kappa shape index (κ2) is 3.92. The zero-order valence-corrected chi connectivity index (χ0v) is 9.90. The van der Waals surface area contributed by atoms with Crippen LogP contribution >= 0.6 is 15.9 Å². The highest BCUT2D eigenvalue weighted by Crippen LogP contribution is 2.20. The van der Waals surface area contributed by atoms with Crippen molar-refractivity contribution in [1.82, 2.24) is 9.38 Å². The second-order valence-corrected chi connectivity index (χ2v) is 4.36. The molecule has 80 valence electrons. The van der Waals surface area contributed by atoms with Gasteiger partial charge in [0.1, 0.15) is 5.65 Å². The van der Waals surface area contributed by atoms with Crippen molar-refractivity contribution in [1.29, 1.82) is 0 Å². The number of aromatic nitrogens is 2. The molecule has 2 rings (SSSR count). The molecule has 0 saturated carbocycles. The summed E-state index contributed by atoms with van der Waals surface area (Å²) in [6, 6.07) is 3.45. The van der Waals surface area contributed by atoms with Crippen molar-refractivity contribution >= 4 is 21.6 Å². The third kappa shape index (κ3) is 1.78. The highest BCUT2D eigenvalue weighted by Gasteiger charge is 2.14. The fourth-order valence-corrected chi connectivity index (χ4v) is 2.01. The molecule has 0 radical (unpaired) electrons. The Labute approximate surface area is 95.9 Å². The molecule has 15 heavy (non-hydrogen) atoms. The largest absolute Gasteiger partial charge is 0.394 e. The molecular formula is C10H12BrN3O. The molecule has 0 aliphatic rings. The normalized spacial score (nSPS) is 13.3. The smallest absolute Gasteiger partial charge is 0.138 e. The summed E-state index contributed by atoms with van der Waals surface area (Å²) < 4.78 is 2.88. The van der Waals surface area contributed by atoms with Crippen LogP contribution in [-0.2, 0) is 0 Å². The monoisotopic (exact) mass is 269 g/mol. The first-order valence-corrected chi connectivity index (χ1v) is 5.43. The van der Waals surface area contributed by atoms with Gasteiger partial charge >= 0.3 is 0 Å². The number of pyridine rings is 1. The van der Waals surface area contributed by atoms with Crippen LogP contribution in [0.1, 0.15) is 17.4 Å². The molecule has 0 amide bonds. The number of imidazole rings is 1. The molecule has 2 aromatic rings. The fourth-order valence-electron chi connectivity index (χ4n) is 1.69. The SMILES string of the molecule is Cc1nc2cc(Br)ccn2c1C(N)CO. The molecular weight excluding hydrogens is 258 g/mol. The molecule has 3 N–H and O–H groups in total. The standard InChI is InChI=1S/C10H12BrN3O/c1-6-10(8(12)5-15)14-3-2-7(11)4-9(14)13-6/h2-4,8,15H,5,12H2,1H3. The van der Waals surface area contributed by atoms with Crippen LogP contribution in [0.5, 0.6) is 0 Å². The minimum absolute atomic E-state index is 0.0787. The number of rotatable bonds is 2. The number of aryl methyl sites for hydroxylation is 1. The van der Waals surface area contributed by atoms with Crippen LogP contribution in [0, 0.1) is 6.92 Å². The Morgan fingerprint density at radius 1 is 1.67 bits per heavy atom. The van der Waals surface area contributed by atoms with Gasteiger partial charge in [-0.3, -0.25) is 0 Å². The molecule has 2 aromatic heterocycles. The molecule has 0 aromatic carbocycles. The van der Waals surface area contributed by atoms with E-state index in [1.807, 2.05) is 29.7 Å². The van der Waals surface area contributed by atoms with Gasteiger partial charge in [0.25, 0.3) is 0 Å². The summed E-state index contributed by atoms with van der Waals surface area (Å²) in [4.78, 5) is 4.38. The lowest BCUT2D eigenvalue weighted by molar-refractivity contribution is 0.265. The number of hydrogen-bond acceptors (Lipinski definition) is 3. The predicted octanol–water partition coefficient (Wildman–Crippen LogP) is 1.40. The van der Waals surface area contributed by atoms with Gasteiger partial charge in [0.05, 0.1) is 24.0 Å².